The summed E-state index contributed by atoms with van der Waals surface area (Å²) >= 11 is 0. The molecule has 2 nitrogen and oxygen atoms in total. The van der Waals surface area contributed by atoms with E-state index in [4.69, 9.17) is 0 Å². The van der Waals surface area contributed by atoms with E-state index >= 15 is 0 Å². The molecule has 2 heteroatoms. The van der Waals surface area contributed by atoms with Gasteiger partial charge in [-0.3, -0.25) is 0 Å². The zero-order valence-corrected chi connectivity index (χ0v) is 9.03. The average Bonchev–Trinajstić information content (AvgIpc) is 2.18. The Morgan fingerprint density at radius 3 is 3.00 bits per heavy atom. The SMILES string of the molecule is C=CCCCN(C)c1cc(C)ccn1. The Bertz CT molecular complexity index is 294. The Labute approximate surface area is 86.3 Å². The fraction of sp³-hybridized carbons (Fsp3) is 0.417. The van der Waals surface area contributed by atoms with Gasteiger partial charge in [0.05, 0.1) is 0 Å². The third kappa shape index (κ3) is 3.21. The minimum Gasteiger partial charge on any atom is -0.360 e. The van der Waals surface area contributed by atoms with E-state index in [9.17, 15) is 0 Å². The van der Waals surface area contributed by atoms with Crippen LogP contribution in [0.3, 0.4) is 0 Å². The summed E-state index contributed by atoms with van der Waals surface area (Å²) in [5.74, 6) is 1.05. The van der Waals surface area contributed by atoms with Crippen LogP contribution in [-0.4, -0.2) is 18.6 Å². The molecule has 0 fully saturated rings. The maximum Gasteiger partial charge on any atom is 0.128 e. The van der Waals surface area contributed by atoms with Gasteiger partial charge in [0.2, 0.25) is 0 Å². The number of hydrogen-bond acceptors (Lipinski definition) is 2. The van der Waals surface area contributed by atoms with Gasteiger partial charge in [0.1, 0.15) is 5.82 Å². The molecule has 0 unspecified atom stereocenters. The first-order chi connectivity index (χ1) is 6.74. The molecule has 14 heavy (non-hydrogen) atoms. The van der Waals surface area contributed by atoms with Crippen molar-refractivity contribution in [3.8, 4) is 0 Å². The van der Waals surface area contributed by atoms with E-state index in [1.807, 2.05) is 18.3 Å². The smallest absolute Gasteiger partial charge is 0.128 e. The summed E-state index contributed by atoms with van der Waals surface area (Å²) < 4.78 is 0. The minimum atomic E-state index is 1.03. The van der Waals surface area contributed by atoms with Gasteiger partial charge in [0, 0.05) is 19.8 Å². The number of rotatable bonds is 5. The Hall–Kier alpha value is -1.31. The Kier molecular flexibility index (Phi) is 4.17. The quantitative estimate of drug-likeness (QED) is 0.524. The topological polar surface area (TPSA) is 16.1 Å². The van der Waals surface area contributed by atoms with Crippen LogP contribution in [-0.2, 0) is 0 Å². The highest BCUT2D eigenvalue weighted by molar-refractivity contribution is 5.39. The van der Waals surface area contributed by atoms with E-state index in [0.717, 1.165) is 25.2 Å². The fourth-order valence-electron chi connectivity index (χ4n) is 1.32. The van der Waals surface area contributed by atoms with Crippen molar-refractivity contribution in [3.05, 3.63) is 36.5 Å². The molecule has 1 aromatic heterocycles. The van der Waals surface area contributed by atoms with E-state index in [-0.39, 0.29) is 0 Å². The van der Waals surface area contributed by atoms with E-state index in [1.54, 1.807) is 0 Å². The molecular weight excluding hydrogens is 172 g/mol. The van der Waals surface area contributed by atoms with Crippen molar-refractivity contribution >= 4 is 5.82 Å². The van der Waals surface area contributed by atoms with Crippen molar-refractivity contribution in [2.75, 3.05) is 18.5 Å². The summed E-state index contributed by atoms with van der Waals surface area (Å²) in [5, 5.41) is 0. The molecule has 0 saturated heterocycles. The average molecular weight is 190 g/mol. The van der Waals surface area contributed by atoms with Gasteiger partial charge in [-0.25, -0.2) is 4.98 Å². The van der Waals surface area contributed by atoms with Crippen LogP contribution in [0.2, 0.25) is 0 Å². The van der Waals surface area contributed by atoms with Crippen LogP contribution < -0.4 is 4.90 Å². The molecule has 0 bridgehead atoms. The first kappa shape index (κ1) is 10.8. The predicted molar refractivity (Wildman–Crippen MR) is 61.7 cm³/mol. The van der Waals surface area contributed by atoms with Crippen LogP contribution in [0.1, 0.15) is 18.4 Å². The molecule has 0 aliphatic carbocycles. The van der Waals surface area contributed by atoms with Crippen molar-refractivity contribution in [2.45, 2.75) is 19.8 Å². The zero-order chi connectivity index (χ0) is 10.4. The van der Waals surface area contributed by atoms with Gasteiger partial charge in [0.25, 0.3) is 0 Å². The summed E-state index contributed by atoms with van der Waals surface area (Å²) in [5.41, 5.74) is 1.26. The van der Waals surface area contributed by atoms with Crippen LogP contribution >= 0.6 is 0 Å². The number of aromatic nitrogens is 1. The maximum absolute atomic E-state index is 4.32. The Morgan fingerprint density at radius 1 is 1.57 bits per heavy atom. The third-order valence-corrected chi connectivity index (χ3v) is 2.19. The molecule has 0 saturated carbocycles. The first-order valence-electron chi connectivity index (χ1n) is 4.98. The second-order valence-corrected chi connectivity index (χ2v) is 3.54. The second kappa shape index (κ2) is 5.43. The highest BCUT2D eigenvalue weighted by Crippen LogP contribution is 2.10. The zero-order valence-electron chi connectivity index (χ0n) is 9.03. The van der Waals surface area contributed by atoms with Crippen molar-refractivity contribution in [2.24, 2.45) is 0 Å². The highest BCUT2D eigenvalue weighted by atomic mass is 15.2. The van der Waals surface area contributed by atoms with Crippen LogP contribution in [0.5, 0.6) is 0 Å². The number of allylic oxidation sites excluding steroid dienone is 1. The summed E-state index contributed by atoms with van der Waals surface area (Å²) in [6.45, 7) is 6.83. The normalized spacial score (nSPS) is 9.86. The van der Waals surface area contributed by atoms with Crippen molar-refractivity contribution in [1.29, 1.82) is 0 Å². The molecule has 0 spiro atoms. The van der Waals surface area contributed by atoms with Gasteiger partial charge < -0.3 is 4.90 Å². The fourth-order valence-corrected chi connectivity index (χ4v) is 1.32. The lowest BCUT2D eigenvalue weighted by Gasteiger charge is -2.17. The number of nitrogens with zero attached hydrogens (tertiary/aromatic N) is 2. The number of hydrogen-bond donors (Lipinski definition) is 0. The van der Waals surface area contributed by atoms with E-state index in [1.165, 1.54) is 5.56 Å². The molecule has 0 amide bonds. The van der Waals surface area contributed by atoms with Gasteiger partial charge in [-0.1, -0.05) is 6.08 Å². The highest BCUT2D eigenvalue weighted by Gasteiger charge is 2.00. The first-order valence-corrected chi connectivity index (χ1v) is 4.98. The lowest BCUT2D eigenvalue weighted by atomic mass is 10.2. The monoisotopic (exact) mass is 190 g/mol. The van der Waals surface area contributed by atoms with Crippen LogP contribution in [0.15, 0.2) is 31.0 Å². The molecular formula is C12H18N2. The number of unbranched alkanes of at least 4 members (excludes halogenated alkanes) is 1. The predicted octanol–water partition coefficient (Wildman–Crippen LogP) is 2.79. The van der Waals surface area contributed by atoms with Crippen LogP contribution in [0.25, 0.3) is 0 Å². The van der Waals surface area contributed by atoms with Crippen LogP contribution in [0.4, 0.5) is 5.82 Å². The third-order valence-electron chi connectivity index (χ3n) is 2.19. The molecule has 0 aliphatic heterocycles. The van der Waals surface area contributed by atoms with Crippen molar-refractivity contribution in [3.63, 3.8) is 0 Å². The Balaban J connectivity index is 2.51. The Morgan fingerprint density at radius 2 is 2.36 bits per heavy atom. The molecule has 0 aromatic carbocycles. The van der Waals surface area contributed by atoms with Gasteiger partial charge in [-0.05, 0) is 37.5 Å². The number of anilines is 1. The lowest BCUT2D eigenvalue weighted by molar-refractivity contribution is 0.792. The van der Waals surface area contributed by atoms with Crippen molar-refractivity contribution < 1.29 is 0 Å². The van der Waals surface area contributed by atoms with Gasteiger partial charge in [-0.2, -0.15) is 0 Å². The van der Waals surface area contributed by atoms with Gasteiger partial charge in [-0.15, -0.1) is 6.58 Å². The standard InChI is InChI=1S/C12H18N2/c1-4-5-6-9-14(3)12-10-11(2)7-8-13-12/h4,7-8,10H,1,5-6,9H2,2-3H3. The molecule has 76 valence electrons. The molecule has 0 radical (unpaired) electrons. The maximum atomic E-state index is 4.32. The summed E-state index contributed by atoms with van der Waals surface area (Å²) in [7, 11) is 2.07. The largest absolute Gasteiger partial charge is 0.360 e. The molecule has 1 heterocycles. The summed E-state index contributed by atoms with van der Waals surface area (Å²) in [4.78, 5) is 6.50. The molecule has 0 atom stereocenters. The minimum absolute atomic E-state index is 1.03. The second-order valence-electron chi connectivity index (χ2n) is 3.54. The number of aryl methyl sites for hydroxylation is 1. The van der Waals surface area contributed by atoms with E-state index in [2.05, 4.69) is 36.5 Å². The summed E-state index contributed by atoms with van der Waals surface area (Å²) in [6, 6.07) is 4.12. The van der Waals surface area contributed by atoms with Gasteiger partial charge >= 0.3 is 0 Å². The summed E-state index contributed by atoms with van der Waals surface area (Å²) in [6.07, 6.45) is 6.01. The van der Waals surface area contributed by atoms with Crippen LogP contribution in [0, 0.1) is 6.92 Å². The van der Waals surface area contributed by atoms with E-state index < -0.39 is 0 Å². The lowest BCUT2D eigenvalue weighted by Crippen LogP contribution is -2.19. The number of pyridine rings is 1. The molecule has 1 rings (SSSR count). The van der Waals surface area contributed by atoms with Gasteiger partial charge in [0.15, 0.2) is 0 Å². The van der Waals surface area contributed by atoms with E-state index in [0.29, 0.717) is 0 Å². The van der Waals surface area contributed by atoms with Crippen molar-refractivity contribution in [1.82, 2.24) is 4.98 Å². The molecule has 0 aliphatic rings. The molecule has 0 N–H and O–H groups in total. The molecule has 1 aromatic rings.